The Labute approximate surface area is 127 Å². The van der Waals surface area contributed by atoms with E-state index in [4.69, 9.17) is 0 Å². The van der Waals surface area contributed by atoms with Gasteiger partial charge in [0.15, 0.2) is 0 Å². The maximum Gasteiger partial charge on any atom is 0.255 e. The van der Waals surface area contributed by atoms with Gasteiger partial charge < -0.3 is 10.4 Å². The van der Waals surface area contributed by atoms with Crippen molar-refractivity contribution in [1.29, 1.82) is 0 Å². The lowest BCUT2D eigenvalue weighted by Gasteiger charge is -2.09. The number of hydrogen-bond acceptors (Lipinski definition) is 4. The first-order chi connectivity index (χ1) is 10.8. The zero-order valence-electron chi connectivity index (χ0n) is 11.7. The lowest BCUT2D eigenvalue weighted by Crippen LogP contribution is -2.14. The molecule has 0 saturated heterocycles. The predicted molar refractivity (Wildman–Crippen MR) is 81.7 cm³/mol. The summed E-state index contributed by atoms with van der Waals surface area (Å²) in [6.45, 7) is -0.161. The molecule has 110 valence electrons. The van der Waals surface area contributed by atoms with Gasteiger partial charge >= 0.3 is 0 Å². The van der Waals surface area contributed by atoms with Crippen molar-refractivity contribution < 1.29 is 9.90 Å². The summed E-state index contributed by atoms with van der Waals surface area (Å²) in [5.74, 6) is -0.267. The third kappa shape index (κ3) is 2.87. The first-order valence-corrected chi connectivity index (χ1v) is 6.73. The fraction of sp³-hybridized carbons (Fsp3) is 0.0625. The van der Waals surface area contributed by atoms with Crippen molar-refractivity contribution in [1.82, 2.24) is 14.8 Å². The van der Waals surface area contributed by atoms with Gasteiger partial charge in [0.1, 0.15) is 0 Å². The molecule has 2 aromatic heterocycles. The van der Waals surface area contributed by atoms with E-state index in [0.717, 1.165) is 5.69 Å². The first kappa shape index (κ1) is 14.0. The molecule has 0 aliphatic heterocycles. The van der Waals surface area contributed by atoms with Gasteiger partial charge in [0.05, 0.1) is 24.2 Å². The maximum atomic E-state index is 12.4. The van der Waals surface area contributed by atoms with Crippen LogP contribution in [0.5, 0.6) is 0 Å². The van der Waals surface area contributed by atoms with E-state index in [-0.39, 0.29) is 12.5 Å². The lowest BCUT2D eigenvalue weighted by molar-refractivity contribution is 0.102. The van der Waals surface area contributed by atoms with Crippen LogP contribution in [-0.4, -0.2) is 25.8 Å². The topological polar surface area (TPSA) is 80.0 Å². The molecule has 1 amide bonds. The van der Waals surface area contributed by atoms with Crippen molar-refractivity contribution in [3.8, 4) is 5.69 Å². The summed E-state index contributed by atoms with van der Waals surface area (Å²) in [6, 6.07) is 10.6. The van der Waals surface area contributed by atoms with Crippen LogP contribution >= 0.6 is 0 Å². The Morgan fingerprint density at radius 1 is 1.23 bits per heavy atom. The van der Waals surface area contributed by atoms with Gasteiger partial charge in [-0.05, 0) is 30.3 Å². The van der Waals surface area contributed by atoms with E-state index in [0.29, 0.717) is 16.8 Å². The van der Waals surface area contributed by atoms with Gasteiger partial charge in [0.2, 0.25) is 0 Å². The van der Waals surface area contributed by atoms with Crippen LogP contribution in [0.1, 0.15) is 15.9 Å². The van der Waals surface area contributed by atoms with Gasteiger partial charge in [-0.3, -0.25) is 9.78 Å². The van der Waals surface area contributed by atoms with Gasteiger partial charge in [0.25, 0.3) is 5.91 Å². The highest BCUT2D eigenvalue weighted by atomic mass is 16.3. The van der Waals surface area contributed by atoms with E-state index >= 15 is 0 Å². The Kier molecular flexibility index (Phi) is 3.93. The molecule has 0 radical (unpaired) electrons. The largest absolute Gasteiger partial charge is 0.392 e. The van der Waals surface area contributed by atoms with Crippen molar-refractivity contribution in [2.75, 3.05) is 5.32 Å². The molecule has 0 fully saturated rings. The summed E-state index contributed by atoms with van der Waals surface area (Å²) in [5, 5.41) is 16.2. The van der Waals surface area contributed by atoms with Gasteiger partial charge in [-0.15, -0.1) is 0 Å². The number of aliphatic hydroxyl groups excluding tert-OH is 1. The highest BCUT2D eigenvalue weighted by Crippen LogP contribution is 2.16. The molecule has 0 aliphatic rings. The molecule has 3 rings (SSSR count). The number of anilines is 1. The van der Waals surface area contributed by atoms with Crippen LogP contribution in [0.15, 0.2) is 61.2 Å². The second-order valence-electron chi connectivity index (χ2n) is 4.65. The second kappa shape index (κ2) is 6.19. The second-order valence-corrected chi connectivity index (χ2v) is 4.65. The minimum atomic E-state index is -0.267. The van der Waals surface area contributed by atoms with Gasteiger partial charge in [0, 0.05) is 29.7 Å². The number of carbonyl (C=O) groups excluding carboxylic acids is 1. The quantitative estimate of drug-likeness (QED) is 0.771. The molecular weight excluding hydrogens is 280 g/mol. The van der Waals surface area contributed by atoms with Crippen LogP contribution in [0.3, 0.4) is 0 Å². The number of aliphatic hydroxyl groups is 1. The number of aromatic nitrogens is 3. The summed E-state index contributed by atoms with van der Waals surface area (Å²) < 4.78 is 1.68. The molecule has 0 spiro atoms. The Hall–Kier alpha value is -2.99. The van der Waals surface area contributed by atoms with Crippen molar-refractivity contribution in [3.63, 3.8) is 0 Å². The monoisotopic (exact) mass is 294 g/mol. The van der Waals surface area contributed by atoms with Gasteiger partial charge in [-0.25, -0.2) is 4.68 Å². The van der Waals surface area contributed by atoms with Gasteiger partial charge in [-0.2, -0.15) is 5.10 Å². The number of benzene rings is 1. The highest BCUT2D eigenvalue weighted by molar-refractivity contribution is 6.04. The molecule has 3 aromatic rings. The Morgan fingerprint density at radius 2 is 2.14 bits per heavy atom. The van der Waals surface area contributed by atoms with Crippen molar-refractivity contribution >= 4 is 11.6 Å². The summed E-state index contributed by atoms with van der Waals surface area (Å²) >= 11 is 0. The molecule has 0 aliphatic carbocycles. The smallest absolute Gasteiger partial charge is 0.255 e. The average Bonchev–Trinajstić information content (AvgIpc) is 3.10. The van der Waals surface area contributed by atoms with E-state index in [1.54, 1.807) is 41.3 Å². The molecule has 0 bridgehead atoms. The zero-order valence-corrected chi connectivity index (χ0v) is 11.7. The van der Waals surface area contributed by atoms with Crippen LogP contribution < -0.4 is 5.32 Å². The molecule has 22 heavy (non-hydrogen) atoms. The SMILES string of the molecule is O=C(Nc1cnccc1CO)c1cccc(-n2cccn2)c1. The van der Waals surface area contributed by atoms with Crippen LogP contribution in [0.4, 0.5) is 5.69 Å². The number of hydrogen-bond donors (Lipinski definition) is 2. The molecule has 0 atom stereocenters. The highest BCUT2D eigenvalue weighted by Gasteiger charge is 2.10. The molecule has 2 heterocycles. The van der Waals surface area contributed by atoms with Crippen molar-refractivity contribution in [2.24, 2.45) is 0 Å². The number of nitrogens with one attached hydrogen (secondary N) is 1. The molecule has 1 aromatic carbocycles. The number of nitrogens with zero attached hydrogens (tertiary/aromatic N) is 3. The minimum absolute atomic E-state index is 0.161. The number of rotatable bonds is 4. The normalized spacial score (nSPS) is 10.4. The fourth-order valence-electron chi connectivity index (χ4n) is 2.08. The maximum absolute atomic E-state index is 12.4. The first-order valence-electron chi connectivity index (χ1n) is 6.73. The van der Waals surface area contributed by atoms with E-state index in [9.17, 15) is 9.90 Å². The van der Waals surface area contributed by atoms with Crippen LogP contribution in [0.2, 0.25) is 0 Å². The van der Waals surface area contributed by atoms with Gasteiger partial charge in [-0.1, -0.05) is 6.07 Å². The van der Waals surface area contributed by atoms with Crippen LogP contribution in [0, 0.1) is 0 Å². The minimum Gasteiger partial charge on any atom is -0.392 e. The molecule has 6 nitrogen and oxygen atoms in total. The molecule has 6 heteroatoms. The zero-order chi connectivity index (χ0) is 15.4. The molecular formula is C16H14N4O2. The molecule has 2 N–H and O–H groups in total. The van der Waals surface area contributed by atoms with E-state index in [1.807, 2.05) is 18.3 Å². The van der Waals surface area contributed by atoms with Crippen LogP contribution in [0.25, 0.3) is 5.69 Å². The van der Waals surface area contributed by atoms with E-state index in [2.05, 4.69) is 15.4 Å². The third-order valence-corrected chi connectivity index (χ3v) is 3.21. The van der Waals surface area contributed by atoms with E-state index in [1.165, 1.54) is 6.20 Å². The number of amides is 1. The Morgan fingerprint density at radius 3 is 2.91 bits per heavy atom. The Balaban J connectivity index is 1.85. The summed E-state index contributed by atoms with van der Waals surface area (Å²) in [6.07, 6.45) is 6.57. The predicted octanol–water partition coefficient (Wildman–Crippen LogP) is 2.01. The number of pyridine rings is 1. The third-order valence-electron chi connectivity index (χ3n) is 3.21. The standard InChI is InChI=1S/C16H14N4O2/c21-11-13-5-7-17-10-15(13)19-16(22)12-3-1-4-14(9-12)20-8-2-6-18-20/h1-10,21H,11H2,(H,19,22). The van der Waals surface area contributed by atoms with E-state index < -0.39 is 0 Å². The summed E-state index contributed by atoms with van der Waals surface area (Å²) in [4.78, 5) is 16.3. The Bertz CT molecular complexity index is 784. The summed E-state index contributed by atoms with van der Waals surface area (Å²) in [7, 11) is 0. The van der Waals surface area contributed by atoms with Crippen LogP contribution in [-0.2, 0) is 6.61 Å². The lowest BCUT2D eigenvalue weighted by atomic mass is 10.1. The summed E-state index contributed by atoms with van der Waals surface area (Å²) in [5.41, 5.74) is 2.41. The molecule has 0 unspecified atom stereocenters. The molecule has 0 saturated carbocycles. The van der Waals surface area contributed by atoms with Crippen molar-refractivity contribution in [2.45, 2.75) is 6.61 Å². The average molecular weight is 294 g/mol. The fourth-order valence-corrected chi connectivity index (χ4v) is 2.08. The number of carbonyl (C=O) groups is 1. The van der Waals surface area contributed by atoms with Crippen molar-refractivity contribution in [3.05, 3.63) is 72.3 Å².